The fourth-order valence-corrected chi connectivity index (χ4v) is 6.43. The maximum absolute atomic E-state index is 12.5. The SMILES string of the molecule is C[C@H]1[C@@H](CSc2nncn2C)O[C@@H](c2cccc(-c3cccc(CNC(=O)c4cccnc4)c3)c2)O[C@H]1c1ccc(CO)cc1. The Kier molecular flexibility index (Phi) is 9.66. The lowest BCUT2D eigenvalue weighted by Crippen LogP contribution is -2.38. The van der Waals surface area contributed by atoms with Crippen LogP contribution in [0.5, 0.6) is 0 Å². The Bertz CT molecular complexity index is 1730. The highest BCUT2D eigenvalue weighted by atomic mass is 32.2. The molecule has 6 rings (SSSR count). The number of nitrogens with one attached hydrogen (secondary N) is 1. The van der Waals surface area contributed by atoms with Gasteiger partial charge in [0.2, 0.25) is 0 Å². The molecule has 9 nitrogen and oxygen atoms in total. The van der Waals surface area contributed by atoms with Crippen LogP contribution in [0.4, 0.5) is 0 Å². The number of carbonyl (C=O) groups is 1. The summed E-state index contributed by atoms with van der Waals surface area (Å²) in [6.45, 7) is 2.54. The smallest absolute Gasteiger partial charge is 0.253 e. The second-order valence-corrected chi connectivity index (χ2v) is 12.1. The summed E-state index contributed by atoms with van der Waals surface area (Å²) >= 11 is 1.61. The molecule has 1 saturated heterocycles. The van der Waals surface area contributed by atoms with Gasteiger partial charge < -0.3 is 24.5 Å². The number of benzene rings is 3. The molecule has 230 valence electrons. The van der Waals surface area contributed by atoms with Crippen molar-refractivity contribution in [2.45, 2.75) is 43.7 Å². The minimum absolute atomic E-state index is 0.00503. The minimum atomic E-state index is -0.587. The van der Waals surface area contributed by atoms with Gasteiger partial charge in [0.05, 0.1) is 24.4 Å². The Morgan fingerprint density at radius 1 is 0.956 bits per heavy atom. The molecule has 5 aromatic rings. The fourth-order valence-electron chi connectivity index (χ4n) is 5.38. The number of hydrogen-bond acceptors (Lipinski definition) is 8. The number of amides is 1. The number of hydrogen-bond donors (Lipinski definition) is 2. The summed E-state index contributed by atoms with van der Waals surface area (Å²) in [5.74, 6) is 0.582. The molecule has 1 aliphatic heterocycles. The van der Waals surface area contributed by atoms with Crippen LogP contribution in [0.25, 0.3) is 11.1 Å². The Hall–Kier alpha value is -4.35. The van der Waals surface area contributed by atoms with Gasteiger partial charge in [-0.3, -0.25) is 9.78 Å². The maximum atomic E-state index is 12.5. The van der Waals surface area contributed by atoms with Gasteiger partial charge in [0.25, 0.3) is 5.91 Å². The van der Waals surface area contributed by atoms with Crippen LogP contribution in [0.2, 0.25) is 0 Å². The molecule has 1 aliphatic rings. The van der Waals surface area contributed by atoms with E-state index in [0.717, 1.165) is 38.5 Å². The molecular formula is C35H35N5O4S. The summed E-state index contributed by atoms with van der Waals surface area (Å²) in [7, 11) is 1.93. The second-order valence-electron chi connectivity index (χ2n) is 11.1. The first-order valence-corrected chi connectivity index (χ1v) is 15.8. The van der Waals surface area contributed by atoms with Gasteiger partial charge in [0, 0.05) is 43.2 Å². The first-order chi connectivity index (χ1) is 22.0. The number of aliphatic hydroxyl groups is 1. The average molecular weight is 622 g/mol. The molecule has 0 spiro atoms. The van der Waals surface area contributed by atoms with Crippen LogP contribution in [0.15, 0.2) is 109 Å². The lowest BCUT2D eigenvalue weighted by molar-refractivity contribution is -0.268. The lowest BCUT2D eigenvalue weighted by Gasteiger charge is -2.41. The van der Waals surface area contributed by atoms with Crippen LogP contribution in [0, 0.1) is 5.92 Å². The van der Waals surface area contributed by atoms with Gasteiger partial charge in [-0.25, -0.2) is 0 Å². The Morgan fingerprint density at radius 2 is 1.76 bits per heavy atom. The van der Waals surface area contributed by atoms with E-state index in [0.29, 0.717) is 17.9 Å². The van der Waals surface area contributed by atoms with Gasteiger partial charge in [-0.1, -0.05) is 79.3 Å². The molecule has 1 amide bonds. The van der Waals surface area contributed by atoms with Crippen molar-refractivity contribution in [1.29, 1.82) is 0 Å². The van der Waals surface area contributed by atoms with Gasteiger partial charge in [0.15, 0.2) is 11.4 Å². The zero-order valence-electron chi connectivity index (χ0n) is 25.1. The van der Waals surface area contributed by atoms with E-state index >= 15 is 0 Å². The molecule has 45 heavy (non-hydrogen) atoms. The fraction of sp³-hybridized carbons (Fsp3) is 0.257. The van der Waals surface area contributed by atoms with Crippen molar-refractivity contribution >= 4 is 17.7 Å². The summed E-state index contributed by atoms with van der Waals surface area (Å²) in [4.78, 5) is 16.6. The normalized spacial score (nSPS) is 19.7. The summed E-state index contributed by atoms with van der Waals surface area (Å²) < 4.78 is 15.2. The molecule has 3 heterocycles. The highest BCUT2D eigenvalue weighted by Crippen LogP contribution is 2.43. The van der Waals surface area contributed by atoms with Crippen molar-refractivity contribution in [3.05, 3.63) is 131 Å². The quantitative estimate of drug-likeness (QED) is 0.186. The van der Waals surface area contributed by atoms with Crippen molar-refractivity contribution in [1.82, 2.24) is 25.1 Å². The number of aliphatic hydroxyl groups excluding tert-OH is 1. The number of aryl methyl sites for hydroxylation is 1. The Balaban J connectivity index is 1.22. The highest BCUT2D eigenvalue weighted by molar-refractivity contribution is 7.99. The minimum Gasteiger partial charge on any atom is -0.392 e. The van der Waals surface area contributed by atoms with Gasteiger partial charge in [0.1, 0.15) is 6.33 Å². The van der Waals surface area contributed by atoms with E-state index in [4.69, 9.17) is 9.47 Å². The van der Waals surface area contributed by atoms with Crippen molar-refractivity contribution in [2.75, 3.05) is 5.75 Å². The second kappa shape index (κ2) is 14.2. The van der Waals surface area contributed by atoms with Crippen molar-refractivity contribution in [2.24, 2.45) is 13.0 Å². The first-order valence-electron chi connectivity index (χ1n) is 14.8. The van der Waals surface area contributed by atoms with Crippen LogP contribution in [0.3, 0.4) is 0 Å². The third-order valence-electron chi connectivity index (χ3n) is 7.97. The van der Waals surface area contributed by atoms with E-state index < -0.39 is 6.29 Å². The maximum Gasteiger partial charge on any atom is 0.253 e. The van der Waals surface area contributed by atoms with E-state index in [9.17, 15) is 9.90 Å². The molecule has 2 aromatic heterocycles. The number of pyridine rings is 1. The van der Waals surface area contributed by atoms with Crippen LogP contribution in [-0.4, -0.2) is 42.6 Å². The topological polar surface area (TPSA) is 111 Å². The molecular weight excluding hydrogens is 586 g/mol. The Labute approximate surface area is 266 Å². The zero-order valence-corrected chi connectivity index (χ0v) is 25.9. The van der Waals surface area contributed by atoms with E-state index in [1.807, 2.05) is 60.1 Å². The van der Waals surface area contributed by atoms with E-state index in [1.54, 1.807) is 42.6 Å². The van der Waals surface area contributed by atoms with Crippen molar-refractivity contribution in [3.63, 3.8) is 0 Å². The van der Waals surface area contributed by atoms with E-state index in [1.165, 1.54) is 0 Å². The number of thioether (sulfide) groups is 1. The lowest BCUT2D eigenvalue weighted by atomic mass is 9.91. The largest absolute Gasteiger partial charge is 0.392 e. The monoisotopic (exact) mass is 621 g/mol. The van der Waals surface area contributed by atoms with Gasteiger partial charge in [-0.2, -0.15) is 0 Å². The molecule has 2 N–H and O–H groups in total. The van der Waals surface area contributed by atoms with Gasteiger partial charge >= 0.3 is 0 Å². The average Bonchev–Trinajstić information content (AvgIpc) is 3.51. The molecule has 4 atom stereocenters. The summed E-state index contributed by atoms with van der Waals surface area (Å²) in [6, 6.07) is 27.8. The standard InChI is InChI=1S/C35H35N5O4S/c1-23-31(21-45-35-39-38-22-40(35)2)43-34(44-32(23)26-13-11-24(20-41)12-14-26)29-9-4-8-28(17-29)27-7-3-6-25(16-27)18-37-33(42)30-10-5-15-36-19-30/h3-17,19,22-23,31-32,34,41H,18,20-21H2,1-2H3,(H,37,42)/t23-,31+,32+,34+/m0/s1. The molecule has 0 aliphatic carbocycles. The number of aromatic nitrogens is 4. The number of nitrogens with zero attached hydrogens (tertiary/aromatic N) is 4. The van der Waals surface area contributed by atoms with E-state index in [-0.39, 0.29) is 30.6 Å². The Morgan fingerprint density at radius 3 is 2.49 bits per heavy atom. The number of carbonyl (C=O) groups excluding carboxylic acids is 1. The molecule has 3 aromatic carbocycles. The molecule has 10 heteroatoms. The zero-order chi connectivity index (χ0) is 31.2. The summed E-state index contributed by atoms with van der Waals surface area (Å²) in [5.41, 5.74) is 6.38. The van der Waals surface area contributed by atoms with Gasteiger partial charge in [-0.05, 0) is 52.1 Å². The molecule has 0 saturated carbocycles. The number of ether oxygens (including phenoxy) is 2. The van der Waals surface area contributed by atoms with Crippen LogP contribution < -0.4 is 5.32 Å². The summed E-state index contributed by atoms with van der Waals surface area (Å²) in [6.07, 6.45) is 3.98. The van der Waals surface area contributed by atoms with Crippen LogP contribution in [-0.2, 0) is 29.7 Å². The van der Waals surface area contributed by atoms with Crippen molar-refractivity contribution in [3.8, 4) is 11.1 Å². The summed E-state index contributed by atoms with van der Waals surface area (Å²) in [5, 5.41) is 21.6. The van der Waals surface area contributed by atoms with Crippen LogP contribution in [0.1, 0.15) is 51.9 Å². The third-order valence-corrected chi connectivity index (χ3v) is 9.09. The van der Waals surface area contributed by atoms with Gasteiger partial charge in [-0.15, -0.1) is 10.2 Å². The van der Waals surface area contributed by atoms with Crippen LogP contribution >= 0.6 is 11.8 Å². The molecule has 1 fully saturated rings. The van der Waals surface area contributed by atoms with Crippen molar-refractivity contribution < 1.29 is 19.4 Å². The molecule has 0 bridgehead atoms. The first kappa shape index (κ1) is 30.7. The highest BCUT2D eigenvalue weighted by Gasteiger charge is 2.38. The molecule has 0 unspecified atom stereocenters. The molecule has 0 radical (unpaired) electrons. The predicted molar refractivity (Wildman–Crippen MR) is 172 cm³/mol. The van der Waals surface area contributed by atoms with E-state index in [2.05, 4.69) is 51.7 Å². The predicted octanol–water partition coefficient (Wildman–Crippen LogP) is 5.88. The number of rotatable bonds is 10. The third kappa shape index (κ3) is 7.32.